The molecule has 4 rings (SSSR count). The van der Waals surface area contributed by atoms with Crippen molar-refractivity contribution in [3.8, 4) is 0 Å². The minimum atomic E-state index is 0.727. The van der Waals surface area contributed by atoms with Crippen LogP contribution in [0.25, 0.3) is 11.0 Å². The second-order valence-corrected chi connectivity index (χ2v) is 6.48. The Morgan fingerprint density at radius 3 is 2.58 bits per heavy atom. The molecule has 0 atom stereocenters. The zero-order valence-corrected chi connectivity index (χ0v) is 14.8. The van der Waals surface area contributed by atoms with Crippen molar-refractivity contribution < 1.29 is 4.42 Å². The average Bonchev–Trinajstić information content (AvgIpc) is 3.30. The largest absolute Gasteiger partial charge is 0.468 e. The van der Waals surface area contributed by atoms with E-state index < -0.39 is 0 Å². The van der Waals surface area contributed by atoms with Crippen molar-refractivity contribution in [3.05, 3.63) is 83.8 Å². The Labute approximate surface area is 152 Å². The number of nitrogens with zero attached hydrogens (tertiary/aromatic N) is 2. The van der Waals surface area contributed by atoms with Crippen molar-refractivity contribution in [1.29, 1.82) is 0 Å². The van der Waals surface area contributed by atoms with Crippen LogP contribution in [-0.2, 0) is 19.6 Å². The summed E-state index contributed by atoms with van der Waals surface area (Å²) in [6.07, 6.45) is 1.72. The number of furan rings is 1. The van der Waals surface area contributed by atoms with E-state index in [-0.39, 0.29) is 0 Å². The molecule has 4 aromatic rings. The molecule has 0 radical (unpaired) electrons. The number of aromatic nitrogens is 2. The van der Waals surface area contributed by atoms with Crippen LogP contribution in [0.2, 0.25) is 0 Å². The number of benzene rings is 2. The molecule has 2 aromatic heterocycles. The van der Waals surface area contributed by atoms with E-state index in [0.717, 1.165) is 42.4 Å². The van der Waals surface area contributed by atoms with Crippen molar-refractivity contribution >= 4 is 17.0 Å². The molecule has 0 aliphatic rings. The summed E-state index contributed by atoms with van der Waals surface area (Å²) in [6.45, 7) is 2.38. The number of anilines is 1. The quantitative estimate of drug-likeness (QED) is 0.521. The SMILES string of the molecule is CN(Cc1ccco1)Cc1ccccc1CNc1nc2ccccc2[nH]1. The van der Waals surface area contributed by atoms with E-state index in [1.165, 1.54) is 11.1 Å². The Kier molecular flexibility index (Phi) is 4.71. The number of nitrogens with one attached hydrogen (secondary N) is 2. The van der Waals surface area contributed by atoms with Gasteiger partial charge in [-0.15, -0.1) is 0 Å². The first-order valence-corrected chi connectivity index (χ1v) is 8.74. The highest BCUT2D eigenvalue weighted by atomic mass is 16.3. The van der Waals surface area contributed by atoms with Crippen LogP contribution in [0, 0.1) is 0 Å². The van der Waals surface area contributed by atoms with Crippen LogP contribution in [0.15, 0.2) is 71.3 Å². The molecule has 132 valence electrons. The van der Waals surface area contributed by atoms with Crippen molar-refractivity contribution in [3.63, 3.8) is 0 Å². The van der Waals surface area contributed by atoms with Gasteiger partial charge in [-0.25, -0.2) is 4.98 Å². The van der Waals surface area contributed by atoms with Crippen LogP contribution in [0.3, 0.4) is 0 Å². The number of rotatable bonds is 7. The number of imidazole rings is 1. The maximum atomic E-state index is 5.44. The topological polar surface area (TPSA) is 57.1 Å². The molecule has 0 spiro atoms. The predicted molar refractivity (Wildman–Crippen MR) is 104 cm³/mol. The third kappa shape index (κ3) is 3.78. The van der Waals surface area contributed by atoms with E-state index >= 15 is 0 Å². The van der Waals surface area contributed by atoms with E-state index in [1.54, 1.807) is 6.26 Å². The smallest absolute Gasteiger partial charge is 0.201 e. The second kappa shape index (κ2) is 7.45. The Morgan fingerprint density at radius 2 is 1.77 bits per heavy atom. The van der Waals surface area contributed by atoms with Gasteiger partial charge in [0.2, 0.25) is 5.95 Å². The summed E-state index contributed by atoms with van der Waals surface area (Å²) in [5.74, 6) is 1.77. The molecule has 2 aromatic carbocycles. The molecule has 0 amide bonds. The van der Waals surface area contributed by atoms with E-state index in [0.29, 0.717) is 0 Å². The van der Waals surface area contributed by atoms with Gasteiger partial charge in [-0.05, 0) is 42.4 Å². The van der Waals surface area contributed by atoms with Crippen molar-refractivity contribution in [1.82, 2.24) is 14.9 Å². The Bertz CT molecular complexity index is 942. The zero-order chi connectivity index (χ0) is 17.8. The highest BCUT2D eigenvalue weighted by molar-refractivity contribution is 5.77. The molecule has 0 aliphatic heterocycles. The summed E-state index contributed by atoms with van der Waals surface area (Å²) in [5, 5.41) is 3.41. The van der Waals surface area contributed by atoms with Crippen molar-refractivity contribution in [2.75, 3.05) is 12.4 Å². The lowest BCUT2D eigenvalue weighted by Gasteiger charge is -2.18. The molecule has 5 nitrogen and oxygen atoms in total. The molecular weight excluding hydrogens is 324 g/mol. The lowest BCUT2D eigenvalue weighted by atomic mass is 10.1. The minimum absolute atomic E-state index is 0.727. The van der Waals surface area contributed by atoms with Gasteiger partial charge in [0.05, 0.1) is 23.8 Å². The standard InChI is InChI=1S/C21H22N4O/c1-25(15-18-9-6-12-26-18)14-17-8-3-2-7-16(17)13-22-21-23-19-10-4-5-11-20(19)24-21/h2-12H,13-15H2,1H3,(H2,22,23,24). The van der Waals surface area contributed by atoms with E-state index in [4.69, 9.17) is 4.42 Å². The molecule has 2 N–H and O–H groups in total. The van der Waals surface area contributed by atoms with Gasteiger partial charge in [0.15, 0.2) is 0 Å². The van der Waals surface area contributed by atoms with Gasteiger partial charge >= 0.3 is 0 Å². The summed E-state index contributed by atoms with van der Waals surface area (Å²) in [7, 11) is 2.10. The molecule has 0 unspecified atom stereocenters. The molecule has 0 saturated heterocycles. The normalized spacial score (nSPS) is 11.3. The lowest BCUT2D eigenvalue weighted by Crippen LogP contribution is -2.18. The molecule has 0 saturated carbocycles. The molecule has 0 aliphatic carbocycles. The van der Waals surface area contributed by atoms with E-state index in [1.807, 2.05) is 36.4 Å². The zero-order valence-electron chi connectivity index (χ0n) is 14.8. The molecule has 5 heteroatoms. The van der Waals surface area contributed by atoms with Crippen molar-refractivity contribution in [2.24, 2.45) is 0 Å². The van der Waals surface area contributed by atoms with E-state index in [9.17, 15) is 0 Å². The fourth-order valence-corrected chi connectivity index (χ4v) is 3.11. The summed E-state index contributed by atoms with van der Waals surface area (Å²) < 4.78 is 5.44. The van der Waals surface area contributed by atoms with Crippen LogP contribution >= 0.6 is 0 Å². The highest BCUT2D eigenvalue weighted by Crippen LogP contribution is 2.17. The van der Waals surface area contributed by atoms with Gasteiger partial charge in [0, 0.05) is 13.1 Å². The minimum Gasteiger partial charge on any atom is -0.468 e. The monoisotopic (exact) mass is 346 g/mol. The Morgan fingerprint density at radius 1 is 0.962 bits per heavy atom. The summed E-state index contributed by atoms with van der Waals surface area (Å²) in [6, 6.07) is 20.5. The number of aromatic amines is 1. The number of hydrogen-bond donors (Lipinski definition) is 2. The molecule has 26 heavy (non-hydrogen) atoms. The molecule has 0 bridgehead atoms. The maximum Gasteiger partial charge on any atom is 0.201 e. The van der Waals surface area contributed by atoms with Crippen LogP contribution < -0.4 is 5.32 Å². The van der Waals surface area contributed by atoms with Crippen LogP contribution in [0.1, 0.15) is 16.9 Å². The Balaban J connectivity index is 1.43. The first-order chi connectivity index (χ1) is 12.8. The van der Waals surface area contributed by atoms with Gasteiger partial charge < -0.3 is 14.7 Å². The highest BCUT2D eigenvalue weighted by Gasteiger charge is 2.08. The average molecular weight is 346 g/mol. The van der Waals surface area contributed by atoms with Gasteiger partial charge in [-0.3, -0.25) is 4.90 Å². The van der Waals surface area contributed by atoms with Crippen LogP contribution in [0.4, 0.5) is 5.95 Å². The molecule has 0 fully saturated rings. The van der Waals surface area contributed by atoms with E-state index in [2.05, 4.69) is 51.5 Å². The van der Waals surface area contributed by atoms with Gasteiger partial charge in [-0.1, -0.05) is 36.4 Å². The van der Waals surface area contributed by atoms with Gasteiger partial charge in [0.25, 0.3) is 0 Å². The predicted octanol–water partition coefficient (Wildman–Crippen LogP) is 4.40. The summed E-state index contributed by atoms with van der Waals surface area (Å²) in [4.78, 5) is 10.1. The lowest BCUT2D eigenvalue weighted by molar-refractivity contribution is 0.287. The maximum absolute atomic E-state index is 5.44. The molecular formula is C21H22N4O. The van der Waals surface area contributed by atoms with Gasteiger partial charge in [-0.2, -0.15) is 0 Å². The first-order valence-electron chi connectivity index (χ1n) is 8.74. The Hall–Kier alpha value is -3.05. The number of H-pyrrole nitrogens is 1. The van der Waals surface area contributed by atoms with Crippen LogP contribution in [-0.4, -0.2) is 21.9 Å². The molecule has 2 heterocycles. The number of para-hydroxylation sites is 2. The first kappa shape index (κ1) is 16.4. The van der Waals surface area contributed by atoms with Crippen molar-refractivity contribution in [2.45, 2.75) is 19.6 Å². The fourth-order valence-electron chi connectivity index (χ4n) is 3.11. The number of fused-ring (bicyclic) bond motifs is 1. The van der Waals surface area contributed by atoms with Crippen LogP contribution in [0.5, 0.6) is 0 Å². The third-order valence-corrected chi connectivity index (χ3v) is 4.40. The fraction of sp³-hybridized carbons (Fsp3) is 0.190. The second-order valence-electron chi connectivity index (χ2n) is 6.48. The van der Waals surface area contributed by atoms with Gasteiger partial charge in [0.1, 0.15) is 5.76 Å². The number of hydrogen-bond acceptors (Lipinski definition) is 4. The third-order valence-electron chi connectivity index (χ3n) is 4.40. The summed E-state index contributed by atoms with van der Waals surface area (Å²) >= 11 is 0. The summed E-state index contributed by atoms with van der Waals surface area (Å²) in [5.41, 5.74) is 4.58.